The Morgan fingerprint density at radius 2 is 1.89 bits per heavy atom. The average Bonchev–Trinajstić information content (AvgIpc) is 3.07. The molecule has 3 amide bonds. The first kappa shape index (κ1) is 25.0. The highest BCUT2D eigenvalue weighted by molar-refractivity contribution is 9.10. The molecule has 1 aliphatic rings. The molecule has 0 unspecified atom stereocenters. The first-order valence-corrected chi connectivity index (χ1v) is 12.6. The number of hydrogen-bond acceptors (Lipinski definition) is 5. The summed E-state index contributed by atoms with van der Waals surface area (Å²) < 4.78 is 6.25. The maximum atomic E-state index is 12.8. The van der Waals surface area contributed by atoms with E-state index in [9.17, 15) is 14.4 Å². The summed E-state index contributed by atoms with van der Waals surface area (Å²) in [6, 6.07) is 19.7. The van der Waals surface area contributed by atoms with Gasteiger partial charge in [0.15, 0.2) is 6.61 Å². The number of anilines is 1. The summed E-state index contributed by atoms with van der Waals surface area (Å²) in [5.74, 6) is -0.141. The van der Waals surface area contributed by atoms with Crippen molar-refractivity contribution in [3.8, 4) is 5.75 Å². The van der Waals surface area contributed by atoms with Gasteiger partial charge in [-0.15, -0.1) is 0 Å². The van der Waals surface area contributed by atoms with Gasteiger partial charge in [0.2, 0.25) is 0 Å². The van der Waals surface area contributed by atoms with Gasteiger partial charge in [0.25, 0.3) is 17.1 Å². The maximum Gasteiger partial charge on any atom is 0.293 e. The van der Waals surface area contributed by atoms with Crippen LogP contribution in [-0.2, 0) is 16.1 Å². The molecule has 35 heavy (non-hydrogen) atoms. The number of nitrogens with zero attached hydrogens (tertiary/aromatic N) is 1. The molecule has 1 saturated heterocycles. The van der Waals surface area contributed by atoms with Crippen molar-refractivity contribution >= 4 is 68.1 Å². The molecule has 0 radical (unpaired) electrons. The zero-order valence-corrected chi connectivity index (χ0v) is 21.7. The molecule has 1 N–H and O–H groups in total. The van der Waals surface area contributed by atoms with Crippen LogP contribution in [0.5, 0.6) is 5.75 Å². The molecule has 0 atom stereocenters. The summed E-state index contributed by atoms with van der Waals surface area (Å²) in [5.41, 5.74) is 3.28. The highest BCUT2D eigenvalue weighted by atomic mass is 79.9. The topological polar surface area (TPSA) is 75.7 Å². The van der Waals surface area contributed by atoms with Crippen molar-refractivity contribution in [3.05, 3.63) is 97.8 Å². The van der Waals surface area contributed by atoms with Crippen molar-refractivity contribution in [1.82, 2.24) is 4.90 Å². The second-order valence-corrected chi connectivity index (χ2v) is 10.1. The minimum absolute atomic E-state index is 0.157. The summed E-state index contributed by atoms with van der Waals surface area (Å²) in [6.07, 6.45) is 1.66. The number of amides is 3. The van der Waals surface area contributed by atoms with Gasteiger partial charge in [0.1, 0.15) is 5.75 Å². The Balaban J connectivity index is 1.38. The highest BCUT2D eigenvalue weighted by Gasteiger charge is 2.35. The molecule has 178 valence electrons. The predicted molar refractivity (Wildman–Crippen MR) is 142 cm³/mol. The van der Waals surface area contributed by atoms with Crippen LogP contribution < -0.4 is 10.1 Å². The fourth-order valence-electron chi connectivity index (χ4n) is 3.35. The number of carbonyl (C=O) groups is 3. The number of halogens is 2. The quantitative estimate of drug-likeness (QED) is 0.321. The fourth-order valence-corrected chi connectivity index (χ4v) is 4.82. The molecule has 0 spiro atoms. The number of nitrogens with one attached hydrogen (secondary N) is 1. The third kappa shape index (κ3) is 6.54. The number of benzene rings is 3. The number of carbonyl (C=O) groups excluding carboxylic acids is 3. The van der Waals surface area contributed by atoms with Crippen molar-refractivity contribution in [3.63, 3.8) is 0 Å². The molecule has 1 heterocycles. The SMILES string of the molecule is Cc1cccc(NC(=O)COc2ccc(/C=C3\SC(=O)N(Cc4ccc(Cl)cc4)C3=O)cc2Br)c1. The largest absolute Gasteiger partial charge is 0.483 e. The van der Waals surface area contributed by atoms with Crippen LogP contribution in [0.4, 0.5) is 10.5 Å². The lowest BCUT2D eigenvalue weighted by molar-refractivity contribution is -0.123. The first-order chi connectivity index (χ1) is 16.8. The summed E-state index contributed by atoms with van der Waals surface area (Å²) in [4.78, 5) is 39.0. The van der Waals surface area contributed by atoms with Gasteiger partial charge < -0.3 is 10.1 Å². The smallest absolute Gasteiger partial charge is 0.293 e. The van der Waals surface area contributed by atoms with Crippen LogP contribution in [0.2, 0.25) is 5.02 Å². The van der Waals surface area contributed by atoms with E-state index in [1.54, 1.807) is 48.5 Å². The van der Waals surface area contributed by atoms with Crippen molar-refractivity contribution < 1.29 is 19.1 Å². The van der Waals surface area contributed by atoms with Gasteiger partial charge in [-0.3, -0.25) is 19.3 Å². The van der Waals surface area contributed by atoms with Crippen LogP contribution in [0.15, 0.2) is 76.1 Å². The van der Waals surface area contributed by atoms with E-state index in [0.717, 1.165) is 22.9 Å². The van der Waals surface area contributed by atoms with Gasteiger partial charge >= 0.3 is 0 Å². The van der Waals surface area contributed by atoms with Crippen molar-refractivity contribution in [2.75, 3.05) is 11.9 Å². The second-order valence-electron chi connectivity index (χ2n) is 7.79. The van der Waals surface area contributed by atoms with Crippen LogP contribution >= 0.6 is 39.3 Å². The molecule has 6 nitrogen and oxygen atoms in total. The third-order valence-corrected chi connectivity index (χ3v) is 6.82. The summed E-state index contributed by atoms with van der Waals surface area (Å²) in [6.45, 7) is 1.97. The van der Waals surface area contributed by atoms with Gasteiger partial charge in [-0.25, -0.2) is 0 Å². The molecule has 4 rings (SSSR count). The molecule has 1 fully saturated rings. The Morgan fingerprint density at radius 1 is 1.11 bits per heavy atom. The number of ether oxygens (including phenoxy) is 1. The van der Waals surface area contributed by atoms with E-state index in [0.29, 0.717) is 31.4 Å². The molecular formula is C26H20BrClN2O4S. The summed E-state index contributed by atoms with van der Waals surface area (Å²) >= 11 is 10.2. The molecule has 0 saturated carbocycles. The number of aryl methyl sites for hydroxylation is 1. The Hall–Kier alpha value is -3.07. The second kappa shape index (κ2) is 11.1. The molecule has 0 bridgehead atoms. The standard InChI is InChI=1S/C26H20BrClN2O4S/c1-16-3-2-4-20(11-16)29-24(31)15-34-22-10-7-18(12-21(22)27)13-23-25(32)30(26(33)35-23)14-17-5-8-19(28)9-6-17/h2-13H,14-15H2,1H3,(H,29,31)/b23-13-. The Bertz CT molecular complexity index is 1330. The van der Waals surface area contributed by atoms with Gasteiger partial charge in [0, 0.05) is 10.7 Å². The lowest BCUT2D eigenvalue weighted by Gasteiger charge is -2.12. The molecule has 0 aliphatic carbocycles. The number of rotatable bonds is 7. The predicted octanol–water partition coefficient (Wildman–Crippen LogP) is 6.66. The molecule has 0 aromatic heterocycles. The van der Waals surface area contributed by atoms with E-state index in [2.05, 4.69) is 21.2 Å². The molecule has 1 aliphatic heterocycles. The Labute approximate surface area is 220 Å². The molecule has 3 aromatic carbocycles. The molecule has 9 heteroatoms. The van der Waals surface area contributed by atoms with Crippen LogP contribution in [0.25, 0.3) is 6.08 Å². The van der Waals surface area contributed by atoms with E-state index in [1.807, 2.05) is 31.2 Å². The average molecular weight is 572 g/mol. The van der Waals surface area contributed by atoms with E-state index < -0.39 is 0 Å². The number of thioether (sulfide) groups is 1. The van der Waals surface area contributed by atoms with Gasteiger partial charge in [-0.1, -0.05) is 41.9 Å². The molecule has 3 aromatic rings. The molecular weight excluding hydrogens is 552 g/mol. The number of imide groups is 1. The van der Waals surface area contributed by atoms with Crippen LogP contribution in [-0.4, -0.2) is 28.6 Å². The Kier molecular flexibility index (Phi) is 7.95. The lowest BCUT2D eigenvalue weighted by atomic mass is 10.2. The van der Waals surface area contributed by atoms with Gasteiger partial charge in [-0.2, -0.15) is 0 Å². The lowest BCUT2D eigenvalue weighted by Crippen LogP contribution is -2.27. The van der Waals surface area contributed by atoms with Crippen LogP contribution in [0, 0.1) is 6.92 Å². The monoisotopic (exact) mass is 570 g/mol. The van der Waals surface area contributed by atoms with Crippen molar-refractivity contribution in [2.24, 2.45) is 0 Å². The normalized spacial score (nSPS) is 14.5. The third-order valence-electron chi connectivity index (χ3n) is 5.04. The summed E-state index contributed by atoms with van der Waals surface area (Å²) in [7, 11) is 0. The van der Waals surface area contributed by atoms with E-state index in [4.69, 9.17) is 16.3 Å². The minimum Gasteiger partial charge on any atom is -0.483 e. The van der Waals surface area contributed by atoms with E-state index in [1.165, 1.54) is 4.90 Å². The Morgan fingerprint density at radius 3 is 2.60 bits per heavy atom. The maximum absolute atomic E-state index is 12.8. The van der Waals surface area contributed by atoms with Gasteiger partial charge in [-0.05, 0) is 93.8 Å². The minimum atomic E-state index is -0.348. The number of hydrogen-bond donors (Lipinski definition) is 1. The fraction of sp³-hybridized carbons (Fsp3) is 0.115. The van der Waals surface area contributed by atoms with E-state index >= 15 is 0 Å². The summed E-state index contributed by atoms with van der Waals surface area (Å²) in [5, 5.41) is 3.06. The van der Waals surface area contributed by atoms with Crippen LogP contribution in [0.3, 0.4) is 0 Å². The zero-order chi connectivity index (χ0) is 24.9. The first-order valence-electron chi connectivity index (χ1n) is 10.6. The van der Waals surface area contributed by atoms with E-state index in [-0.39, 0.29) is 30.2 Å². The van der Waals surface area contributed by atoms with Crippen LogP contribution in [0.1, 0.15) is 16.7 Å². The van der Waals surface area contributed by atoms with Gasteiger partial charge in [0.05, 0.1) is 15.9 Å². The van der Waals surface area contributed by atoms with Crippen molar-refractivity contribution in [1.29, 1.82) is 0 Å². The van der Waals surface area contributed by atoms with Crippen molar-refractivity contribution in [2.45, 2.75) is 13.5 Å². The zero-order valence-electron chi connectivity index (χ0n) is 18.6. The highest BCUT2D eigenvalue weighted by Crippen LogP contribution is 2.35.